The number of hydrogen-bond donors (Lipinski definition) is 2. The van der Waals surface area contributed by atoms with Crippen LogP contribution in [0.5, 0.6) is 0 Å². The normalized spacial score (nSPS) is 23.0. The maximum Gasteiger partial charge on any atom is 0.254 e. The van der Waals surface area contributed by atoms with E-state index in [1.807, 2.05) is 30.3 Å². The summed E-state index contributed by atoms with van der Waals surface area (Å²) < 4.78 is 5.70. The molecule has 5 heteroatoms. The van der Waals surface area contributed by atoms with Gasteiger partial charge in [0.1, 0.15) is 6.10 Å². The number of likely N-dealkylation sites (tertiary alicyclic amines) is 1. The minimum Gasteiger partial charge on any atom is -0.394 e. The average molecular weight is 363 g/mol. The summed E-state index contributed by atoms with van der Waals surface area (Å²) in [5.74, 6) is -0.210. The number of carbonyl (C=O) groups is 1. The standard InChI is InChI=1S/C21H33NO4/c1-2-3-4-5-6-7-11-14-22-18(15-23)19(24)20(21(22)25)26-16-17-12-9-8-10-13-17/h8-10,12-13,18-20,23-24H,2-7,11,14-16H2,1H3/t18-,19-,20+/m1/s1. The number of carbonyl (C=O) groups excluding carboxylic acids is 1. The smallest absolute Gasteiger partial charge is 0.254 e. The van der Waals surface area contributed by atoms with Gasteiger partial charge in [0.15, 0.2) is 6.10 Å². The summed E-state index contributed by atoms with van der Waals surface area (Å²) in [6.07, 6.45) is 6.28. The van der Waals surface area contributed by atoms with Crippen LogP contribution in [0, 0.1) is 0 Å². The highest BCUT2D eigenvalue weighted by Gasteiger charge is 2.47. The number of unbranched alkanes of at least 4 members (excludes halogenated alkanes) is 6. The first-order valence-electron chi connectivity index (χ1n) is 9.94. The van der Waals surface area contributed by atoms with Crippen LogP contribution in [0.25, 0.3) is 0 Å². The van der Waals surface area contributed by atoms with E-state index in [1.54, 1.807) is 4.90 Å². The zero-order valence-electron chi connectivity index (χ0n) is 15.8. The Hall–Kier alpha value is -1.43. The van der Waals surface area contributed by atoms with Gasteiger partial charge < -0.3 is 19.8 Å². The molecule has 1 aliphatic heterocycles. The molecular weight excluding hydrogens is 330 g/mol. The Kier molecular flexibility index (Phi) is 9.09. The second kappa shape index (κ2) is 11.3. The maximum absolute atomic E-state index is 12.6. The fraction of sp³-hybridized carbons (Fsp3) is 0.667. The molecule has 0 bridgehead atoms. The SMILES string of the molecule is CCCCCCCCCN1C(=O)[C@@H](OCc2ccccc2)[C@H](O)[C@H]1CO. The zero-order chi connectivity index (χ0) is 18.8. The van der Waals surface area contributed by atoms with E-state index in [4.69, 9.17) is 4.74 Å². The van der Waals surface area contributed by atoms with Crippen LogP contribution in [-0.2, 0) is 16.1 Å². The van der Waals surface area contributed by atoms with E-state index >= 15 is 0 Å². The first-order valence-corrected chi connectivity index (χ1v) is 9.94. The van der Waals surface area contributed by atoms with Crippen molar-refractivity contribution in [2.45, 2.75) is 76.7 Å². The van der Waals surface area contributed by atoms with Crippen LogP contribution in [0.4, 0.5) is 0 Å². The number of rotatable bonds is 12. The molecule has 1 heterocycles. The number of aliphatic hydroxyl groups is 2. The molecule has 1 saturated heterocycles. The van der Waals surface area contributed by atoms with Gasteiger partial charge in [-0.3, -0.25) is 4.79 Å². The first-order chi connectivity index (χ1) is 12.7. The largest absolute Gasteiger partial charge is 0.394 e. The summed E-state index contributed by atoms with van der Waals surface area (Å²) in [6.45, 7) is 2.81. The van der Waals surface area contributed by atoms with Crippen molar-refractivity contribution in [1.82, 2.24) is 4.90 Å². The number of amides is 1. The van der Waals surface area contributed by atoms with Gasteiger partial charge in [-0.2, -0.15) is 0 Å². The second-order valence-corrected chi connectivity index (χ2v) is 7.11. The highest BCUT2D eigenvalue weighted by molar-refractivity contribution is 5.84. The Labute approximate surface area is 157 Å². The van der Waals surface area contributed by atoms with Crippen LogP contribution < -0.4 is 0 Å². The van der Waals surface area contributed by atoms with Crippen molar-refractivity contribution >= 4 is 5.91 Å². The third-order valence-corrected chi connectivity index (χ3v) is 5.09. The molecule has 1 amide bonds. The van der Waals surface area contributed by atoms with Crippen molar-refractivity contribution in [3.63, 3.8) is 0 Å². The molecule has 2 rings (SSSR count). The maximum atomic E-state index is 12.6. The van der Waals surface area contributed by atoms with Crippen LogP contribution in [0.1, 0.15) is 57.4 Å². The molecule has 0 aliphatic carbocycles. The lowest BCUT2D eigenvalue weighted by atomic mass is 10.1. The molecule has 3 atom stereocenters. The average Bonchev–Trinajstić information content (AvgIpc) is 2.89. The molecule has 0 unspecified atom stereocenters. The molecule has 5 nitrogen and oxygen atoms in total. The third kappa shape index (κ3) is 5.79. The van der Waals surface area contributed by atoms with E-state index in [0.29, 0.717) is 6.54 Å². The molecule has 0 spiro atoms. The number of hydrogen-bond acceptors (Lipinski definition) is 4. The fourth-order valence-electron chi connectivity index (χ4n) is 3.51. The van der Waals surface area contributed by atoms with Gasteiger partial charge in [-0.25, -0.2) is 0 Å². The topological polar surface area (TPSA) is 70.0 Å². The van der Waals surface area contributed by atoms with Gasteiger partial charge in [-0.15, -0.1) is 0 Å². The summed E-state index contributed by atoms with van der Waals surface area (Å²) in [7, 11) is 0. The zero-order valence-corrected chi connectivity index (χ0v) is 15.8. The van der Waals surface area contributed by atoms with Crippen molar-refractivity contribution in [3.05, 3.63) is 35.9 Å². The number of benzene rings is 1. The number of aliphatic hydroxyl groups excluding tert-OH is 2. The Morgan fingerprint density at radius 2 is 1.69 bits per heavy atom. The Morgan fingerprint density at radius 1 is 1.04 bits per heavy atom. The lowest BCUT2D eigenvalue weighted by Gasteiger charge is -2.23. The Bertz CT molecular complexity index is 522. The first kappa shape index (κ1) is 20.9. The van der Waals surface area contributed by atoms with Gasteiger partial charge in [-0.05, 0) is 12.0 Å². The highest BCUT2D eigenvalue weighted by Crippen LogP contribution is 2.24. The molecule has 146 valence electrons. The molecule has 1 aromatic carbocycles. The molecule has 0 aromatic heterocycles. The van der Waals surface area contributed by atoms with Gasteiger partial charge in [0.05, 0.1) is 19.3 Å². The van der Waals surface area contributed by atoms with Crippen LogP contribution in [-0.4, -0.2) is 52.4 Å². The molecule has 0 radical (unpaired) electrons. The van der Waals surface area contributed by atoms with Gasteiger partial charge in [-0.1, -0.05) is 75.8 Å². The van der Waals surface area contributed by atoms with E-state index in [1.165, 1.54) is 32.1 Å². The quantitative estimate of drug-likeness (QED) is 0.560. The monoisotopic (exact) mass is 363 g/mol. The fourth-order valence-corrected chi connectivity index (χ4v) is 3.51. The molecular formula is C21H33NO4. The molecule has 1 fully saturated rings. The van der Waals surface area contributed by atoms with E-state index in [9.17, 15) is 15.0 Å². The lowest BCUT2D eigenvalue weighted by Crippen LogP contribution is -2.40. The van der Waals surface area contributed by atoms with Crippen LogP contribution >= 0.6 is 0 Å². The Balaban J connectivity index is 1.80. The third-order valence-electron chi connectivity index (χ3n) is 5.09. The summed E-state index contributed by atoms with van der Waals surface area (Å²) in [6, 6.07) is 9.02. The summed E-state index contributed by atoms with van der Waals surface area (Å²) in [5, 5.41) is 20.0. The van der Waals surface area contributed by atoms with Crippen molar-refractivity contribution < 1.29 is 19.7 Å². The molecule has 26 heavy (non-hydrogen) atoms. The van der Waals surface area contributed by atoms with Crippen molar-refractivity contribution in [1.29, 1.82) is 0 Å². The predicted octanol–water partition coefficient (Wildman–Crippen LogP) is 2.89. The van der Waals surface area contributed by atoms with Crippen LogP contribution in [0.3, 0.4) is 0 Å². The van der Waals surface area contributed by atoms with Gasteiger partial charge >= 0.3 is 0 Å². The van der Waals surface area contributed by atoms with Gasteiger partial charge in [0, 0.05) is 6.54 Å². The summed E-state index contributed by atoms with van der Waals surface area (Å²) >= 11 is 0. The molecule has 0 saturated carbocycles. The molecule has 1 aliphatic rings. The minimum absolute atomic E-state index is 0.210. The van der Waals surface area contributed by atoms with E-state index in [-0.39, 0.29) is 19.1 Å². The lowest BCUT2D eigenvalue weighted by molar-refractivity contribution is -0.140. The second-order valence-electron chi connectivity index (χ2n) is 7.11. The van der Waals surface area contributed by atoms with E-state index in [2.05, 4.69) is 6.92 Å². The minimum atomic E-state index is -0.985. The summed E-state index contributed by atoms with van der Waals surface area (Å²) in [5.41, 5.74) is 0.957. The Morgan fingerprint density at radius 3 is 2.35 bits per heavy atom. The van der Waals surface area contributed by atoms with Crippen molar-refractivity contribution in [2.75, 3.05) is 13.2 Å². The van der Waals surface area contributed by atoms with E-state index in [0.717, 1.165) is 18.4 Å². The van der Waals surface area contributed by atoms with Crippen molar-refractivity contribution in [2.24, 2.45) is 0 Å². The molecule has 2 N–H and O–H groups in total. The highest BCUT2D eigenvalue weighted by atomic mass is 16.5. The van der Waals surface area contributed by atoms with E-state index < -0.39 is 18.2 Å². The molecule has 1 aromatic rings. The van der Waals surface area contributed by atoms with Crippen molar-refractivity contribution in [3.8, 4) is 0 Å². The van der Waals surface area contributed by atoms with Gasteiger partial charge in [0.2, 0.25) is 0 Å². The van der Waals surface area contributed by atoms with Crippen LogP contribution in [0.15, 0.2) is 30.3 Å². The predicted molar refractivity (Wildman–Crippen MR) is 102 cm³/mol. The number of ether oxygens (including phenoxy) is 1. The van der Waals surface area contributed by atoms with Crippen LogP contribution in [0.2, 0.25) is 0 Å². The summed E-state index contributed by atoms with van der Waals surface area (Å²) in [4.78, 5) is 14.2. The number of nitrogens with zero attached hydrogens (tertiary/aromatic N) is 1. The van der Waals surface area contributed by atoms with Gasteiger partial charge in [0.25, 0.3) is 5.91 Å².